The Labute approximate surface area is 113 Å². The van der Waals surface area contributed by atoms with Gasteiger partial charge in [0.1, 0.15) is 0 Å². The Morgan fingerprint density at radius 1 is 1.28 bits per heavy atom. The highest BCUT2D eigenvalue weighted by atomic mass is 32.1. The SMILES string of the molecule is CCc1nc(CN[C@@H](C)c2ccc(C)cc2)cs1. The Bertz CT molecular complexity index is 487. The van der Waals surface area contributed by atoms with Gasteiger partial charge in [-0.05, 0) is 25.8 Å². The van der Waals surface area contributed by atoms with Gasteiger partial charge in [-0.2, -0.15) is 0 Å². The van der Waals surface area contributed by atoms with Crippen molar-refractivity contribution in [2.24, 2.45) is 0 Å². The number of rotatable bonds is 5. The normalized spacial score (nSPS) is 12.6. The van der Waals surface area contributed by atoms with Crippen LogP contribution in [0.4, 0.5) is 0 Å². The second kappa shape index (κ2) is 6.12. The van der Waals surface area contributed by atoms with Crippen molar-refractivity contribution >= 4 is 11.3 Å². The van der Waals surface area contributed by atoms with Crippen molar-refractivity contribution in [2.45, 2.75) is 39.8 Å². The molecular weight excluding hydrogens is 240 g/mol. The van der Waals surface area contributed by atoms with Gasteiger partial charge in [0, 0.05) is 18.0 Å². The van der Waals surface area contributed by atoms with E-state index in [9.17, 15) is 0 Å². The number of nitrogens with one attached hydrogen (secondary N) is 1. The van der Waals surface area contributed by atoms with Gasteiger partial charge in [0.15, 0.2) is 0 Å². The minimum absolute atomic E-state index is 0.359. The van der Waals surface area contributed by atoms with E-state index in [1.807, 2.05) is 0 Å². The molecule has 2 aromatic rings. The molecular formula is C15H20N2S. The molecule has 96 valence electrons. The number of hydrogen-bond donors (Lipinski definition) is 1. The number of benzene rings is 1. The smallest absolute Gasteiger partial charge is 0.0926 e. The van der Waals surface area contributed by atoms with E-state index in [1.165, 1.54) is 16.1 Å². The lowest BCUT2D eigenvalue weighted by Crippen LogP contribution is -2.18. The van der Waals surface area contributed by atoms with Crippen LogP contribution in [-0.2, 0) is 13.0 Å². The van der Waals surface area contributed by atoms with Crippen LogP contribution in [0.3, 0.4) is 0 Å². The van der Waals surface area contributed by atoms with Crippen molar-refractivity contribution < 1.29 is 0 Å². The van der Waals surface area contributed by atoms with Crippen LogP contribution in [-0.4, -0.2) is 4.98 Å². The van der Waals surface area contributed by atoms with E-state index in [-0.39, 0.29) is 0 Å². The predicted molar refractivity (Wildman–Crippen MR) is 77.9 cm³/mol. The number of aryl methyl sites for hydroxylation is 2. The number of thiazole rings is 1. The van der Waals surface area contributed by atoms with Gasteiger partial charge in [0.25, 0.3) is 0 Å². The lowest BCUT2D eigenvalue weighted by molar-refractivity contribution is 0.568. The third kappa shape index (κ3) is 3.40. The summed E-state index contributed by atoms with van der Waals surface area (Å²) in [7, 11) is 0. The fourth-order valence-electron chi connectivity index (χ4n) is 1.82. The first-order valence-corrected chi connectivity index (χ1v) is 7.30. The molecule has 0 radical (unpaired) electrons. The van der Waals surface area contributed by atoms with Gasteiger partial charge in [-0.15, -0.1) is 11.3 Å². The first-order valence-electron chi connectivity index (χ1n) is 6.42. The van der Waals surface area contributed by atoms with E-state index < -0.39 is 0 Å². The first-order chi connectivity index (χ1) is 8.69. The lowest BCUT2D eigenvalue weighted by atomic mass is 10.1. The molecule has 0 unspecified atom stereocenters. The Kier molecular flexibility index (Phi) is 4.50. The van der Waals surface area contributed by atoms with E-state index in [2.05, 4.69) is 60.7 Å². The monoisotopic (exact) mass is 260 g/mol. The van der Waals surface area contributed by atoms with Crippen LogP contribution in [0.25, 0.3) is 0 Å². The zero-order valence-electron chi connectivity index (χ0n) is 11.2. The Morgan fingerprint density at radius 3 is 2.61 bits per heavy atom. The maximum atomic E-state index is 4.56. The zero-order chi connectivity index (χ0) is 13.0. The molecule has 1 heterocycles. The average molecular weight is 260 g/mol. The Hall–Kier alpha value is -1.19. The number of nitrogens with zero attached hydrogens (tertiary/aromatic N) is 1. The molecule has 0 bridgehead atoms. The summed E-state index contributed by atoms with van der Waals surface area (Å²) >= 11 is 1.75. The topological polar surface area (TPSA) is 24.9 Å². The standard InChI is InChI=1S/C15H20N2S/c1-4-15-17-14(10-18-15)9-16-12(3)13-7-5-11(2)6-8-13/h5-8,10,12,16H,4,9H2,1-3H3/t12-/m0/s1. The van der Waals surface area contributed by atoms with Crippen molar-refractivity contribution in [2.75, 3.05) is 0 Å². The molecule has 1 N–H and O–H groups in total. The fourth-order valence-corrected chi connectivity index (χ4v) is 2.57. The number of hydrogen-bond acceptors (Lipinski definition) is 3. The van der Waals surface area contributed by atoms with Gasteiger partial charge in [0.05, 0.1) is 10.7 Å². The fraction of sp³-hybridized carbons (Fsp3) is 0.400. The highest BCUT2D eigenvalue weighted by molar-refractivity contribution is 7.09. The summed E-state index contributed by atoms with van der Waals surface area (Å²) < 4.78 is 0. The summed E-state index contributed by atoms with van der Waals surface area (Å²) in [6.07, 6.45) is 1.03. The Morgan fingerprint density at radius 2 is 2.00 bits per heavy atom. The molecule has 1 atom stereocenters. The van der Waals surface area contributed by atoms with Crippen molar-refractivity contribution in [3.05, 3.63) is 51.5 Å². The molecule has 0 spiro atoms. The van der Waals surface area contributed by atoms with Gasteiger partial charge in [-0.3, -0.25) is 0 Å². The summed E-state index contributed by atoms with van der Waals surface area (Å²) in [5.41, 5.74) is 3.78. The molecule has 2 rings (SSSR count). The van der Waals surface area contributed by atoms with Gasteiger partial charge in [-0.1, -0.05) is 36.8 Å². The molecule has 0 amide bonds. The van der Waals surface area contributed by atoms with Crippen LogP contribution in [0.1, 0.15) is 41.7 Å². The van der Waals surface area contributed by atoms with Gasteiger partial charge in [-0.25, -0.2) is 4.98 Å². The van der Waals surface area contributed by atoms with Gasteiger partial charge in [0.2, 0.25) is 0 Å². The molecule has 0 aliphatic carbocycles. The van der Waals surface area contributed by atoms with E-state index in [4.69, 9.17) is 0 Å². The molecule has 0 aliphatic rings. The van der Waals surface area contributed by atoms with Crippen LogP contribution in [0, 0.1) is 6.92 Å². The largest absolute Gasteiger partial charge is 0.305 e. The summed E-state index contributed by atoms with van der Waals surface area (Å²) in [5, 5.41) is 6.88. The first kappa shape index (κ1) is 13.2. The molecule has 0 saturated heterocycles. The summed E-state index contributed by atoms with van der Waals surface area (Å²) in [5.74, 6) is 0. The molecule has 18 heavy (non-hydrogen) atoms. The van der Waals surface area contributed by atoms with E-state index in [0.717, 1.165) is 18.7 Å². The molecule has 0 fully saturated rings. The second-order valence-electron chi connectivity index (χ2n) is 4.60. The molecule has 3 heteroatoms. The predicted octanol–water partition coefficient (Wildman–Crippen LogP) is 3.86. The quantitative estimate of drug-likeness (QED) is 0.883. The van der Waals surface area contributed by atoms with E-state index >= 15 is 0 Å². The molecule has 0 aliphatic heterocycles. The molecule has 0 saturated carbocycles. The van der Waals surface area contributed by atoms with Crippen molar-refractivity contribution in [3.8, 4) is 0 Å². The van der Waals surface area contributed by atoms with Crippen LogP contribution in [0.5, 0.6) is 0 Å². The van der Waals surface area contributed by atoms with Crippen molar-refractivity contribution in [1.29, 1.82) is 0 Å². The van der Waals surface area contributed by atoms with Gasteiger partial charge >= 0.3 is 0 Å². The highest BCUT2D eigenvalue weighted by Gasteiger charge is 2.06. The summed E-state index contributed by atoms with van der Waals surface area (Å²) in [4.78, 5) is 4.56. The maximum absolute atomic E-state index is 4.56. The summed E-state index contributed by atoms with van der Waals surface area (Å²) in [6, 6.07) is 9.05. The summed E-state index contributed by atoms with van der Waals surface area (Å²) in [6.45, 7) is 7.29. The van der Waals surface area contributed by atoms with Crippen LogP contribution >= 0.6 is 11.3 Å². The zero-order valence-corrected chi connectivity index (χ0v) is 12.1. The minimum atomic E-state index is 0.359. The third-order valence-corrected chi connectivity index (χ3v) is 4.11. The molecule has 1 aromatic carbocycles. The minimum Gasteiger partial charge on any atom is -0.305 e. The highest BCUT2D eigenvalue weighted by Crippen LogP contribution is 2.15. The lowest BCUT2D eigenvalue weighted by Gasteiger charge is -2.13. The van der Waals surface area contributed by atoms with Crippen LogP contribution in [0.15, 0.2) is 29.6 Å². The number of aromatic nitrogens is 1. The van der Waals surface area contributed by atoms with E-state index in [0.29, 0.717) is 6.04 Å². The van der Waals surface area contributed by atoms with Crippen molar-refractivity contribution in [3.63, 3.8) is 0 Å². The van der Waals surface area contributed by atoms with Crippen LogP contribution < -0.4 is 5.32 Å². The van der Waals surface area contributed by atoms with E-state index in [1.54, 1.807) is 11.3 Å². The third-order valence-electron chi connectivity index (χ3n) is 3.07. The van der Waals surface area contributed by atoms with Crippen LogP contribution in [0.2, 0.25) is 0 Å². The molecule has 2 nitrogen and oxygen atoms in total. The Balaban J connectivity index is 1.91. The molecule has 1 aromatic heterocycles. The van der Waals surface area contributed by atoms with Gasteiger partial charge < -0.3 is 5.32 Å². The van der Waals surface area contributed by atoms with Crippen molar-refractivity contribution in [1.82, 2.24) is 10.3 Å². The second-order valence-corrected chi connectivity index (χ2v) is 5.54. The maximum Gasteiger partial charge on any atom is 0.0926 e. The average Bonchev–Trinajstić information content (AvgIpc) is 2.85.